The van der Waals surface area contributed by atoms with Crippen molar-refractivity contribution in [2.24, 2.45) is 0 Å². The lowest BCUT2D eigenvalue weighted by Gasteiger charge is -1.97. The molecule has 0 unspecified atom stereocenters. The Hall–Kier alpha value is -1.28. The van der Waals surface area contributed by atoms with Crippen LogP contribution in [0.4, 0.5) is 0 Å². The summed E-state index contributed by atoms with van der Waals surface area (Å²) in [6, 6.07) is 7.30. The third kappa shape index (κ3) is 3.23. The normalized spacial score (nSPS) is 10.4. The third-order valence-corrected chi connectivity index (χ3v) is 1.93. The minimum absolute atomic E-state index is 0.354. The molecule has 0 fully saturated rings. The predicted molar refractivity (Wildman–Crippen MR) is 57.1 cm³/mol. The van der Waals surface area contributed by atoms with Crippen molar-refractivity contribution in [2.45, 2.75) is 6.92 Å². The van der Waals surface area contributed by atoms with Gasteiger partial charge in [-0.05, 0) is 24.6 Å². The second-order valence-corrected chi connectivity index (χ2v) is 3.01. The van der Waals surface area contributed by atoms with Gasteiger partial charge in [0.05, 0.1) is 6.61 Å². The topological polar surface area (TPSA) is 26.3 Å². The predicted octanol–water partition coefficient (Wildman–Crippen LogP) is 2.92. The van der Waals surface area contributed by atoms with Crippen LogP contribution in [0.5, 0.6) is 0 Å². The molecule has 0 spiro atoms. The van der Waals surface area contributed by atoms with Crippen molar-refractivity contribution in [3.05, 3.63) is 40.9 Å². The van der Waals surface area contributed by atoms with Gasteiger partial charge < -0.3 is 4.74 Å². The number of ether oxygens (including phenoxy) is 1. The fourth-order valence-corrected chi connectivity index (χ4v) is 1.16. The zero-order valence-electron chi connectivity index (χ0n) is 7.87. The van der Waals surface area contributed by atoms with E-state index in [-0.39, 0.29) is 5.97 Å². The molecule has 0 bridgehead atoms. The van der Waals surface area contributed by atoms with Crippen LogP contribution in [0.25, 0.3) is 6.08 Å². The molecule has 0 radical (unpaired) electrons. The number of benzene rings is 1. The molecule has 0 N–H and O–H groups in total. The molecule has 0 aliphatic carbocycles. The molecular formula is C11H11ClO2. The Morgan fingerprint density at radius 2 is 2.21 bits per heavy atom. The lowest BCUT2D eigenvalue weighted by atomic mass is 10.2. The lowest BCUT2D eigenvalue weighted by Crippen LogP contribution is -1.98. The number of hydrogen-bond acceptors (Lipinski definition) is 2. The van der Waals surface area contributed by atoms with Gasteiger partial charge in [0.15, 0.2) is 0 Å². The quantitative estimate of drug-likeness (QED) is 0.567. The third-order valence-electron chi connectivity index (χ3n) is 1.59. The van der Waals surface area contributed by atoms with Gasteiger partial charge in [-0.2, -0.15) is 0 Å². The van der Waals surface area contributed by atoms with Crippen molar-refractivity contribution in [3.63, 3.8) is 0 Å². The molecule has 0 atom stereocenters. The maximum absolute atomic E-state index is 11.0. The number of esters is 1. The largest absolute Gasteiger partial charge is 0.463 e. The number of carbonyl (C=O) groups is 1. The van der Waals surface area contributed by atoms with Crippen LogP contribution in [0.3, 0.4) is 0 Å². The summed E-state index contributed by atoms with van der Waals surface area (Å²) in [5.41, 5.74) is 0.808. The zero-order chi connectivity index (χ0) is 10.4. The van der Waals surface area contributed by atoms with Gasteiger partial charge in [-0.15, -0.1) is 0 Å². The van der Waals surface area contributed by atoms with E-state index in [0.29, 0.717) is 11.6 Å². The number of carbonyl (C=O) groups excluding carboxylic acids is 1. The first kappa shape index (κ1) is 10.8. The van der Waals surface area contributed by atoms with Gasteiger partial charge in [-0.25, -0.2) is 4.79 Å². The highest BCUT2D eigenvalue weighted by molar-refractivity contribution is 6.32. The molecule has 0 heterocycles. The van der Waals surface area contributed by atoms with Crippen LogP contribution in [0.15, 0.2) is 30.3 Å². The van der Waals surface area contributed by atoms with Crippen LogP contribution < -0.4 is 0 Å². The molecule has 0 saturated carbocycles. The summed E-state index contributed by atoms with van der Waals surface area (Å²) in [5, 5.41) is 0.619. The van der Waals surface area contributed by atoms with Gasteiger partial charge >= 0.3 is 5.97 Å². The summed E-state index contributed by atoms with van der Waals surface area (Å²) in [6.07, 6.45) is 3.00. The Kier molecular flexibility index (Phi) is 4.20. The molecule has 0 amide bonds. The second-order valence-electron chi connectivity index (χ2n) is 2.61. The summed E-state index contributed by atoms with van der Waals surface area (Å²) in [7, 11) is 0. The number of hydrogen-bond donors (Lipinski definition) is 0. The van der Waals surface area contributed by atoms with Crippen LogP contribution >= 0.6 is 11.6 Å². The van der Waals surface area contributed by atoms with E-state index in [9.17, 15) is 4.79 Å². The molecule has 0 aliphatic rings. The molecule has 74 valence electrons. The van der Waals surface area contributed by atoms with E-state index < -0.39 is 0 Å². The summed E-state index contributed by atoms with van der Waals surface area (Å²) >= 11 is 5.88. The lowest BCUT2D eigenvalue weighted by molar-refractivity contribution is -0.137. The minimum atomic E-state index is -0.354. The minimum Gasteiger partial charge on any atom is -0.463 e. The Morgan fingerprint density at radius 1 is 1.50 bits per heavy atom. The van der Waals surface area contributed by atoms with Crippen LogP contribution in [0, 0.1) is 0 Å². The van der Waals surface area contributed by atoms with Crippen molar-refractivity contribution in [3.8, 4) is 0 Å². The van der Waals surface area contributed by atoms with Crippen molar-refractivity contribution in [1.82, 2.24) is 0 Å². The first-order valence-corrected chi connectivity index (χ1v) is 4.71. The van der Waals surface area contributed by atoms with E-state index in [4.69, 9.17) is 16.3 Å². The van der Waals surface area contributed by atoms with Crippen LogP contribution in [0.1, 0.15) is 12.5 Å². The fourth-order valence-electron chi connectivity index (χ4n) is 0.958. The van der Waals surface area contributed by atoms with Crippen molar-refractivity contribution >= 4 is 23.6 Å². The van der Waals surface area contributed by atoms with Crippen LogP contribution in [-0.2, 0) is 9.53 Å². The van der Waals surface area contributed by atoms with Crippen LogP contribution in [0.2, 0.25) is 5.02 Å². The van der Waals surface area contributed by atoms with Gasteiger partial charge in [0, 0.05) is 11.1 Å². The van der Waals surface area contributed by atoms with E-state index >= 15 is 0 Å². The average Bonchev–Trinajstić information content (AvgIpc) is 2.17. The van der Waals surface area contributed by atoms with Gasteiger partial charge in [-0.3, -0.25) is 0 Å². The highest BCUT2D eigenvalue weighted by Crippen LogP contribution is 2.16. The Labute approximate surface area is 88.1 Å². The van der Waals surface area contributed by atoms with E-state index in [1.165, 1.54) is 6.08 Å². The zero-order valence-corrected chi connectivity index (χ0v) is 8.62. The summed E-state index contributed by atoms with van der Waals surface area (Å²) in [6.45, 7) is 2.15. The van der Waals surface area contributed by atoms with E-state index in [0.717, 1.165) is 5.56 Å². The van der Waals surface area contributed by atoms with Crippen molar-refractivity contribution in [2.75, 3.05) is 6.61 Å². The smallest absolute Gasteiger partial charge is 0.330 e. The fraction of sp³-hybridized carbons (Fsp3) is 0.182. The molecule has 0 aliphatic heterocycles. The van der Waals surface area contributed by atoms with Crippen molar-refractivity contribution < 1.29 is 9.53 Å². The van der Waals surface area contributed by atoms with Gasteiger partial charge in [0.25, 0.3) is 0 Å². The summed E-state index contributed by atoms with van der Waals surface area (Å²) in [4.78, 5) is 11.0. The molecule has 1 aromatic rings. The van der Waals surface area contributed by atoms with E-state index in [2.05, 4.69) is 0 Å². The molecule has 2 nitrogen and oxygen atoms in total. The van der Waals surface area contributed by atoms with Gasteiger partial charge in [0.1, 0.15) is 0 Å². The standard InChI is InChI=1S/C11H11ClO2/c1-2-14-11(13)8-7-9-5-3-4-6-10(9)12/h3-8H,2H2,1H3/b8-7-. The Bertz CT molecular complexity index is 345. The Morgan fingerprint density at radius 3 is 2.86 bits per heavy atom. The Balaban J connectivity index is 2.69. The molecule has 0 aromatic heterocycles. The molecule has 1 aromatic carbocycles. The molecule has 1 rings (SSSR count). The average molecular weight is 211 g/mol. The van der Waals surface area contributed by atoms with Gasteiger partial charge in [-0.1, -0.05) is 29.8 Å². The number of halogens is 1. The van der Waals surface area contributed by atoms with Gasteiger partial charge in [0.2, 0.25) is 0 Å². The summed E-state index contributed by atoms with van der Waals surface area (Å²) < 4.78 is 4.73. The first-order valence-electron chi connectivity index (χ1n) is 4.33. The highest BCUT2D eigenvalue weighted by atomic mass is 35.5. The highest BCUT2D eigenvalue weighted by Gasteiger charge is 1.96. The number of rotatable bonds is 3. The van der Waals surface area contributed by atoms with Crippen molar-refractivity contribution in [1.29, 1.82) is 0 Å². The monoisotopic (exact) mass is 210 g/mol. The van der Waals surface area contributed by atoms with Crippen LogP contribution in [-0.4, -0.2) is 12.6 Å². The first-order chi connectivity index (χ1) is 6.74. The van der Waals surface area contributed by atoms with E-state index in [1.54, 1.807) is 19.1 Å². The van der Waals surface area contributed by atoms with E-state index in [1.807, 2.05) is 18.2 Å². The maximum atomic E-state index is 11.0. The molecule has 0 saturated heterocycles. The maximum Gasteiger partial charge on any atom is 0.330 e. The summed E-state index contributed by atoms with van der Waals surface area (Å²) in [5.74, 6) is -0.354. The molecule has 3 heteroatoms. The molecular weight excluding hydrogens is 200 g/mol. The second kappa shape index (κ2) is 5.45. The molecule has 14 heavy (non-hydrogen) atoms. The SMILES string of the molecule is CCOC(=O)/C=C\c1ccccc1Cl.